The highest BCUT2D eigenvalue weighted by molar-refractivity contribution is 6.09. The number of benzene rings is 5. The number of nitrogens with zero attached hydrogens (tertiary/aromatic N) is 6. The zero-order valence-corrected chi connectivity index (χ0v) is 29.7. The van der Waals surface area contributed by atoms with E-state index < -0.39 is 0 Å². The summed E-state index contributed by atoms with van der Waals surface area (Å²) in [5.74, 6) is 0.652. The van der Waals surface area contributed by atoms with Crippen LogP contribution in [0.3, 0.4) is 0 Å². The van der Waals surface area contributed by atoms with E-state index in [2.05, 4.69) is 119 Å². The molecule has 0 unspecified atom stereocenters. The van der Waals surface area contributed by atoms with Gasteiger partial charge in [-0.2, -0.15) is 0 Å². The van der Waals surface area contributed by atoms with Gasteiger partial charge in [-0.1, -0.05) is 115 Å². The molecule has 258 valence electrons. The minimum atomic E-state index is 0.652. The standard InChI is InChI=1S/C49H32N6/c1-3-13-33(14-4-1)37-30-45(41-19-11-12-27-50-41)52-46(31-37)44-29-36(26-28-51-44)43-32-42(53-49(54-43)35-15-5-2-6-16-35)34-22-24-38(25-23-34)55-47-20-9-7-17-39(47)40-18-8-10-21-48(40)55/h1-32H. The Morgan fingerprint density at radius 1 is 0.309 bits per heavy atom. The van der Waals surface area contributed by atoms with E-state index in [9.17, 15) is 0 Å². The normalized spacial score (nSPS) is 11.3. The molecule has 0 fully saturated rings. The average molecular weight is 705 g/mol. The summed E-state index contributed by atoms with van der Waals surface area (Å²) >= 11 is 0. The zero-order valence-electron chi connectivity index (χ0n) is 29.7. The predicted molar refractivity (Wildman–Crippen MR) is 222 cm³/mol. The predicted octanol–water partition coefficient (Wildman–Crippen LogP) is 11.8. The van der Waals surface area contributed by atoms with Crippen molar-refractivity contribution in [3.05, 3.63) is 194 Å². The number of rotatable bonds is 7. The molecule has 0 amide bonds. The Balaban J connectivity index is 1.08. The van der Waals surface area contributed by atoms with Crippen molar-refractivity contribution in [1.29, 1.82) is 0 Å². The van der Waals surface area contributed by atoms with E-state index in [1.807, 2.05) is 79.0 Å². The molecular weight excluding hydrogens is 673 g/mol. The molecule has 10 rings (SSSR count). The van der Waals surface area contributed by atoms with Crippen LogP contribution in [0.1, 0.15) is 0 Å². The topological polar surface area (TPSA) is 69.4 Å². The number of hydrogen-bond donors (Lipinski definition) is 0. The van der Waals surface area contributed by atoms with Gasteiger partial charge in [-0.15, -0.1) is 0 Å². The van der Waals surface area contributed by atoms with Crippen LogP contribution in [0.4, 0.5) is 0 Å². The van der Waals surface area contributed by atoms with Crippen molar-refractivity contribution in [1.82, 2.24) is 29.5 Å². The molecule has 0 aliphatic heterocycles. The van der Waals surface area contributed by atoms with Crippen LogP contribution < -0.4 is 0 Å². The van der Waals surface area contributed by atoms with Crippen LogP contribution in [0.2, 0.25) is 0 Å². The van der Waals surface area contributed by atoms with Crippen LogP contribution in [0, 0.1) is 0 Å². The Kier molecular flexibility index (Phi) is 8.04. The molecule has 5 heterocycles. The molecular formula is C49H32N6. The van der Waals surface area contributed by atoms with Gasteiger partial charge in [-0.05, 0) is 77.9 Å². The monoisotopic (exact) mass is 704 g/mol. The molecule has 0 saturated carbocycles. The first kappa shape index (κ1) is 32.1. The van der Waals surface area contributed by atoms with Crippen molar-refractivity contribution < 1.29 is 0 Å². The third-order valence-electron chi connectivity index (χ3n) is 9.94. The van der Waals surface area contributed by atoms with E-state index in [4.69, 9.17) is 19.9 Å². The maximum Gasteiger partial charge on any atom is 0.160 e. The minimum absolute atomic E-state index is 0.652. The summed E-state index contributed by atoms with van der Waals surface area (Å²) < 4.78 is 2.33. The average Bonchev–Trinajstić information content (AvgIpc) is 3.61. The molecule has 5 aromatic carbocycles. The molecule has 0 radical (unpaired) electrons. The molecule has 0 N–H and O–H groups in total. The minimum Gasteiger partial charge on any atom is -0.309 e. The van der Waals surface area contributed by atoms with E-state index in [1.54, 1.807) is 6.20 Å². The lowest BCUT2D eigenvalue weighted by Gasteiger charge is -2.12. The summed E-state index contributed by atoms with van der Waals surface area (Å²) in [4.78, 5) is 24.7. The van der Waals surface area contributed by atoms with E-state index in [-0.39, 0.29) is 0 Å². The Bertz CT molecular complexity index is 2850. The van der Waals surface area contributed by atoms with Gasteiger partial charge in [0.25, 0.3) is 0 Å². The number of para-hydroxylation sites is 2. The first-order chi connectivity index (χ1) is 27.2. The number of fused-ring (bicyclic) bond motifs is 3. The first-order valence-corrected chi connectivity index (χ1v) is 18.2. The Labute approximate surface area is 318 Å². The Morgan fingerprint density at radius 3 is 1.55 bits per heavy atom. The highest BCUT2D eigenvalue weighted by Crippen LogP contribution is 2.35. The van der Waals surface area contributed by atoms with E-state index in [0.717, 1.165) is 67.7 Å². The van der Waals surface area contributed by atoms with Gasteiger partial charge in [0.1, 0.15) is 0 Å². The summed E-state index contributed by atoms with van der Waals surface area (Å²) in [6.45, 7) is 0. The first-order valence-electron chi connectivity index (χ1n) is 18.2. The van der Waals surface area contributed by atoms with Crippen LogP contribution in [0.15, 0.2) is 194 Å². The third-order valence-corrected chi connectivity index (χ3v) is 9.94. The summed E-state index contributed by atoms with van der Waals surface area (Å²) in [5.41, 5.74) is 13.1. The van der Waals surface area contributed by atoms with Crippen LogP contribution in [-0.2, 0) is 0 Å². The number of pyridine rings is 3. The fraction of sp³-hybridized carbons (Fsp3) is 0. The van der Waals surface area contributed by atoms with Crippen LogP contribution in [0.5, 0.6) is 0 Å². The lowest BCUT2D eigenvalue weighted by molar-refractivity contribution is 1.17. The van der Waals surface area contributed by atoms with Crippen LogP contribution >= 0.6 is 0 Å². The molecule has 0 aliphatic carbocycles. The van der Waals surface area contributed by atoms with Gasteiger partial charge in [0, 0.05) is 45.5 Å². The maximum atomic E-state index is 5.12. The van der Waals surface area contributed by atoms with Crippen LogP contribution in [-0.4, -0.2) is 29.5 Å². The quantitative estimate of drug-likeness (QED) is 0.165. The van der Waals surface area contributed by atoms with Gasteiger partial charge in [0.15, 0.2) is 5.82 Å². The molecule has 0 atom stereocenters. The highest BCUT2D eigenvalue weighted by Gasteiger charge is 2.16. The SMILES string of the molecule is c1ccc(-c2cc(-c3ccccn3)nc(-c3cc(-c4cc(-c5ccc(-n6c7ccccc7c7ccccc76)cc5)nc(-c5ccccc5)n4)ccn3)c2)cc1. The van der Waals surface area contributed by atoms with Gasteiger partial charge >= 0.3 is 0 Å². The smallest absolute Gasteiger partial charge is 0.160 e. The Hall–Kier alpha value is -7.57. The van der Waals surface area contributed by atoms with Crippen molar-refractivity contribution in [2.24, 2.45) is 0 Å². The largest absolute Gasteiger partial charge is 0.309 e. The molecule has 55 heavy (non-hydrogen) atoms. The second kappa shape index (κ2) is 13.8. The fourth-order valence-corrected chi connectivity index (χ4v) is 7.28. The number of hydrogen-bond acceptors (Lipinski definition) is 5. The van der Waals surface area contributed by atoms with Gasteiger partial charge in [-0.3, -0.25) is 9.97 Å². The molecule has 6 heteroatoms. The van der Waals surface area contributed by atoms with Crippen molar-refractivity contribution >= 4 is 21.8 Å². The second-order valence-electron chi connectivity index (χ2n) is 13.4. The summed E-state index contributed by atoms with van der Waals surface area (Å²) in [7, 11) is 0. The molecule has 0 saturated heterocycles. The summed E-state index contributed by atoms with van der Waals surface area (Å²) in [5, 5.41) is 2.48. The van der Waals surface area contributed by atoms with Gasteiger partial charge < -0.3 is 4.57 Å². The van der Waals surface area contributed by atoms with Gasteiger partial charge in [0.05, 0.1) is 45.2 Å². The zero-order chi connectivity index (χ0) is 36.6. The number of aromatic nitrogens is 6. The maximum absolute atomic E-state index is 5.12. The molecule has 6 nitrogen and oxygen atoms in total. The molecule has 0 aliphatic rings. The summed E-state index contributed by atoms with van der Waals surface area (Å²) in [6.07, 6.45) is 3.62. The third kappa shape index (κ3) is 6.11. The molecule has 0 bridgehead atoms. The van der Waals surface area contributed by atoms with Crippen molar-refractivity contribution in [2.45, 2.75) is 0 Å². The van der Waals surface area contributed by atoms with Crippen molar-refractivity contribution in [3.63, 3.8) is 0 Å². The summed E-state index contributed by atoms with van der Waals surface area (Å²) in [6, 6.07) is 62.4. The lowest BCUT2D eigenvalue weighted by atomic mass is 10.0. The molecule has 0 spiro atoms. The fourth-order valence-electron chi connectivity index (χ4n) is 7.28. The molecule has 5 aromatic heterocycles. The van der Waals surface area contributed by atoms with Gasteiger partial charge in [0.2, 0.25) is 0 Å². The van der Waals surface area contributed by atoms with E-state index >= 15 is 0 Å². The van der Waals surface area contributed by atoms with Crippen molar-refractivity contribution in [2.75, 3.05) is 0 Å². The van der Waals surface area contributed by atoms with E-state index in [1.165, 1.54) is 21.8 Å². The highest BCUT2D eigenvalue weighted by atomic mass is 15.0. The van der Waals surface area contributed by atoms with Crippen LogP contribution in [0.25, 0.3) is 95.3 Å². The second-order valence-corrected chi connectivity index (χ2v) is 13.4. The van der Waals surface area contributed by atoms with E-state index in [0.29, 0.717) is 5.82 Å². The Morgan fingerprint density at radius 2 is 0.873 bits per heavy atom. The van der Waals surface area contributed by atoms with Gasteiger partial charge in [-0.25, -0.2) is 15.0 Å². The lowest BCUT2D eigenvalue weighted by Crippen LogP contribution is -1.98. The van der Waals surface area contributed by atoms with Crippen molar-refractivity contribution in [3.8, 4) is 73.5 Å². The molecule has 10 aromatic rings.